The minimum Gasteiger partial charge on any atom is -0.491 e. The number of aromatic nitrogens is 2. The van der Waals surface area contributed by atoms with E-state index in [1.165, 1.54) is 24.5 Å². The van der Waals surface area contributed by atoms with E-state index < -0.39 is 5.82 Å². The summed E-state index contributed by atoms with van der Waals surface area (Å²) in [4.78, 5) is 49.7. The summed E-state index contributed by atoms with van der Waals surface area (Å²) in [7, 11) is 0. The predicted octanol–water partition coefficient (Wildman–Crippen LogP) is 5.40. The van der Waals surface area contributed by atoms with Gasteiger partial charge in [0.25, 0.3) is 0 Å². The van der Waals surface area contributed by atoms with Gasteiger partial charge in [-0.25, -0.2) is 14.4 Å². The Bertz CT molecular complexity index is 1880. The van der Waals surface area contributed by atoms with E-state index in [2.05, 4.69) is 54.4 Å². The largest absolute Gasteiger partial charge is 0.491 e. The molecule has 3 N–H and O–H groups in total. The topological polar surface area (TPSA) is 129 Å². The number of hydrogen-bond acceptors (Lipinski definition) is 9. The van der Waals surface area contributed by atoms with Crippen molar-refractivity contribution in [3.8, 4) is 5.75 Å². The number of rotatable bonds is 12. The summed E-state index contributed by atoms with van der Waals surface area (Å²) in [6, 6.07) is 15.9. The normalized spacial score (nSPS) is 17.1. The SMILES string of the molecule is C=CC(=O)Nc1cc2c(Nc3ccc(F)c(Cl)c3)ncnc2cc1OCCCN1CCN(Cc2cccc(C3CCC(=O)NC3=O)c2)CC1. The average Bonchev–Trinajstić information content (AvgIpc) is 3.09. The quantitative estimate of drug-likeness (QED) is 0.102. The van der Waals surface area contributed by atoms with Crippen molar-refractivity contribution in [2.45, 2.75) is 31.7 Å². The summed E-state index contributed by atoms with van der Waals surface area (Å²) in [6.45, 7) is 9.34. The summed E-state index contributed by atoms with van der Waals surface area (Å²) in [6.07, 6.45) is 4.29. The zero-order chi connectivity index (χ0) is 34.3. The maximum absolute atomic E-state index is 13.7. The number of anilines is 3. The Labute approximate surface area is 288 Å². The van der Waals surface area contributed by atoms with E-state index >= 15 is 0 Å². The van der Waals surface area contributed by atoms with Crippen LogP contribution in [0, 0.1) is 5.82 Å². The van der Waals surface area contributed by atoms with E-state index in [-0.39, 0.29) is 28.7 Å². The molecule has 3 amide bonds. The molecule has 2 aliphatic heterocycles. The lowest BCUT2D eigenvalue weighted by atomic mass is 9.89. The molecule has 4 aromatic rings. The fourth-order valence-electron chi connectivity index (χ4n) is 6.11. The number of carbonyl (C=O) groups excluding carboxylic acids is 3. The fourth-order valence-corrected chi connectivity index (χ4v) is 6.29. The van der Waals surface area contributed by atoms with Gasteiger partial charge in [-0.05, 0) is 54.3 Å². The first-order valence-corrected chi connectivity index (χ1v) is 16.6. The van der Waals surface area contributed by atoms with Crippen LogP contribution in [0.1, 0.15) is 36.3 Å². The number of piperidine rings is 1. The number of ether oxygens (including phenoxy) is 1. The Morgan fingerprint density at radius 2 is 1.90 bits per heavy atom. The molecule has 0 bridgehead atoms. The van der Waals surface area contributed by atoms with Gasteiger partial charge in [0, 0.05) is 62.8 Å². The van der Waals surface area contributed by atoms with Crippen LogP contribution in [0.2, 0.25) is 5.02 Å². The van der Waals surface area contributed by atoms with Crippen molar-refractivity contribution in [3.63, 3.8) is 0 Å². The van der Waals surface area contributed by atoms with Crippen molar-refractivity contribution in [2.24, 2.45) is 0 Å². The van der Waals surface area contributed by atoms with E-state index in [0.717, 1.165) is 56.8 Å². The van der Waals surface area contributed by atoms with Crippen LogP contribution in [0.15, 0.2) is 73.6 Å². The second-order valence-electron chi connectivity index (χ2n) is 12.1. The standard InChI is InChI=1S/C36H37ClFN7O4/c1-2-33(46)42-31-19-27-30(39-22-40-35(27)41-25-7-9-29(38)28(37)18-25)20-32(31)49-16-4-11-44-12-14-45(15-13-44)21-23-5-3-6-24(17-23)26-8-10-34(47)43-36(26)48/h2-3,5-7,9,17-20,22,26H,1,4,8,10-16,21H2,(H,42,46)(H,39,40,41)(H,43,47,48). The number of amides is 3. The number of carbonyl (C=O) groups is 3. The third-order valence-electron chi connectivity index (χ3n) is 8.70. The molecule has 3 heterocycles. The highest BCUT2D eigenvalue weighted by Crippen LogP contribution is 2.34. The van der Waals surface area contributed by atoms with Crippen molar-refractivity contribution in [2.75, 3.05) is 50.0 Å². The van der Waals surface area contributed by atoms with Crippen LogP contribution in [0.3, 0.4) is 0 Å². The fraction of sp³-hybridized carbons (Fsp3) is 0.306. The van der Waals surface area contributed by atoms with Gasteiger partial charge < -0.3 is 20.3 Å². The molecule has 11 nitrogen and oxygen atoms in total. The van der Waals surface area contributed by atoms with E-state index in [1.54, 1.807) is 18.2 Å². The van der Waals surface area contributed by atoms with Gasteiger partial charge in [0.05, 0.1) is 28.8 Å². The van der Waals surface area contributed by atoms with Crippen LogP contribution in [-0.4, -0.2) is 76.8 Å². The minimum absolute atomic E-state index is 0.0193. The molecule has 0 spiro atoms. The van der Waals surface area contributed by atoms with Crippen LogP contribution in [0.25, 0.3) is 10.9 Å². The van der Waals surface area contributed by atoms with E-state index in [1.807, 2.05) is 12.1 Å². The van der Waals surface area contributed by atoms with Crippen molar-refractivity contribution < 1.29 is 23.5 Å². The van der Waals surface area contributed by atoms with E-state index in [9.17, 15) is 18.8 Å². The Morgan fingerprint density at radius 1 is 1.08 bits per heavy atom. The van der Waals surface area contributed by atoms with Crippen LogP contribution in [0.4, 0.5) is 21.6 Å². The number of nitrogens with zero attached hydrogens (tertiary/aromatic N) is 4. The lowest BCUT2D eigenvalue weighted by Gasteiger charge is -2.34. The van der Waals surface area contributed by atoms with Crippen LogP contribution in [0.5, 0.6) is 5.75 Å². The first-order valence-electron chi connectivity index (χ1n) is 16.2. The van der Waals surface area contributed by atoms with Gasteiger partial charge in [-0.15, -0.1) is 0 Å². The van der Waals surface area contributed by atoms with Gasteiger partial charge in [0.2, 0.25) is 17.7 Å². The van der Waals surface area contributed by atoms with Gasteiger partial charge in [-0.1, -0.05) is 42.4 Å². The highest BCUT2D eigenvalue weighted by molar-refractivity contribution is 6.31. The summed E-state index contributed by atoms with van der Waals surface area (Å²) in [5.74, 6) is -0.681. The monoisotopic (exact) mass is 685 g/mol. The number of imide groups is 1. The smallest absolute Gasteiger partial charge is 0.247 e. The number of hydrogen-bond donors (Lipinski definition) is 3. The van der Waals surface area contributed by atoms with Crippen molar-refractivity contribution in [1.29, 1.82) is 0 Å². The molecule has 2 fully saturated rings. The molecule has 0 radical (unpaired) electrons. The van der Waals surface area contributed by atoms with Crippen molar-refractivity contribution in [3.05, 3.63) is 95.5 Å². The van der Waals surface area contributed by atoms with Crippen LogP contribution >= 0.6 is 11.6 Å². The van der Waals surface area contributed by atoms with Crippen molar-refractivity contribution in [1.82, 2.24) is 25.1 Å². The van der Waals surface area contributed by atoms with Gasteiger partial charge >= 0.3 is 0 Å². The zero-order valence-corrected chi connectivity index (χ0v) is 27.6. The third kappa shape index (κ3) is 8.58. The predicted molar refractivity (Wildman–Crippen MR) is 186 cm³/mol. The summed E-state index contributed by atoms with van der Waals surface area (Å²) >= 11 is 5.95. The van der Waals surface area contributed by atoms with Crippen molar-refractivity contribution >= 4 is 57.4 Å². The molecule has 1 atom stereocenters. The van der Waals surface area contributed by atoms with Gasteiger partial charge in [-0.3, -0.25) is 24.6 Å². The molecule has 254 valence electrons. The lowest BCUT2D eigenvalue weighted by Crippen LogP contribution is -2.46. The van der Waals surface area contributed by atoms with Gasteiger partial charge in [0.1, 0.15) is 23.7 Å². The molecule has 2 aliphatic rings. The Balaban J connectivity index is 1.02. The van der Waals surface area contributed by atoms with Crippen LogP contribution in [-0.2, 0) is 20.9 Å². The van der Waals surface area contributed by atoms with Crippen LogP contribution < -0.4 is 20.7 Å². The number of benzene rings is 3. The molecular formula is C36H37ClFN7O4. The molecule has 0 saturated carbocycles. The van der Waals surface area contributed by atoms with E-state index in [4.69, 9.17) is 16.3 Å². The Kier molecular flexibility index (Phi) is 10.8. The molecule has 3 aromatic carbocycles. The highest BCUT2D eigenvalue weighted by Gasteiger charge is 2.28. The molecular weight excluding hydrogens is 649 g/mol. The zero-order valence-electron chi connectivity index (χ0n) is 26.9. The average molecular weight is 686 g/mol. The molecule has 13 heteroatoms. The molecule has 1 unspecified atom stereocenters. The molecule has 0 aliphatic carbocycles. The summed E-state index contributed by atoms with van der Waals surface area (Å²) < 4.78 is 19.8. The lowest BCUT2D eigenvalue weighted by molar-refractivity contribution is -0.134. The number of piperazine rings is 1. The Morgan fingerprint density at radius 3 is 2.67 bits per heavy atom. The Hall–Kier alpha value is -4.91. The summed E-state index contributed by atoms with van der Waals surface area (Å²) in [5.41, 5.74) is 3.70. The minimum atomic E-state index is -0.523. The number of fused-ring (bicyclic) bond motifs is 1. The maximum Gasteiger partial charge on any atom is 0.247 e. The van der Waals surface area contributed by atoms with E-state index in [0.29, 0.717) is 53.3 Å². The molecule has 1 aromatic heterocycles. The maximum atomic E-state index is 13.7. The highest BCUT2D eigenvalue weighted by atomic mass is 35.5. The molecule has 2 saturated heterocycles. The molecule has 49 heavy (non-hydrogen) atoms. The number of halogens is 2. The third-order valence-corrected chi connectivity index (χ3v) is 8.99. The van der Waals surface area contributed by atoms with Gasteiger partial charge in [-0.2, -0.15) is 0 Å². The first kappa shape index (κ1) is 34.0. The number of nitrogens with one attached hydrogen (secondary N) is 3. The molecule has 6 rings (SSSR count). The second kappa shape index (κ2) is 15.5. The summed E-state index contributed by atoms with van der Waals surface area (Å²) in [5, 5.41) is 9.01. The van der Waals surface area contributed by atoms with Gasteiger partial charge in [0.15, 0.2) is 0 Å². The second-order valence-corrected chi connectivity index (χ2v) is 12.5. The first-order chi connectivity index (χ1) is 23.7.